The summed E-state index contributed by atoms with van der Waals surface area (Å²) in [7, 11) is 1.70. The maximum atomic E-state index is 13.2. The molecule has 0 saturated heterocycles. The van der Waals surface area contributed by atoms with Gasteiger partial charge in [0.1, 0.15) is 16.7 Å². The van der Waals surface area contributed by atoms with Crippen molar-refractivity contribution in [3.8, 4) is 5.75 Å². The second-order valence-corrected chi connectivity index (χ2v) is 11.5. The molecule has 10 heteroatoms. The van der Waals surface area contributed by atoms with E-state index < -0.39 is 5.41 Å². The number of pyridine rings is 2. The quantitative estimate of drug-likeness (QED) is 0.187. The molecule has 0 saturated carbocycles. The molecule has 43 heavy (non-hydrogen) atoms. The van der Waals surface area contributed by atoms with Gasteiger partial charge in [0.05, 0.1) is 29.6 Å². The van der Waals surface area contributed by atoms with Gasteiger partial charge in [-0.1, -0.05) is 0 Å². The van der Waals surface area contributed by atoms with E-state index in [-0.39, 0.29) is 17.4 Å². The van der Waals surface area contributed by atoms with Crippen molar-refractivity contribution >= 4 is 34.2 Å². The van der Waals surface area contributed by atoms with Crippen molar-refractivity contribution in [3.63, 3.8) is 0 Å². The SMILES string of the molecule is CCN1C(=O)C(C)(C)C(=O)N(C)c2cc(OCCCN(CCn3ccc4occc4c3=O)Cc3cnccc3C)ccc21. The van der Waals surface area contributed by atoms with Gasteiger partial charge >= 0.3 is 0 Å². The highest BCUT2D eigenvalue weighted by Gasteiger charge is 2.45. The smallest absolute Gasteiger partial charge is 0.261 e. The second-order valence-electron chi connectivity index (χ2n) is 11.5. The van der Waals surface area contributed by atoms with E-state index in [2.05, 4.69) is 16.8 Å². The first-order chi connectivity index (χ1) is 20.6. The number of carbonyl (C=O) groups is 2. The largest absolute Gasteiger partial charge is 0.493 e. The molecule has 0 fully saturated rings. The van der Waals surface area contributed by atoms with E-state index >= 15 is 0 Å². The number of furan rings is 1. The first kappa shape index (κ1) is 30.0. The van der Waals surface area contributed by atoms with Gasteiger partial charge in [0.25, 0.3) is 5.56 Å². The maximum Gasteiger partial charge on any atom is 0.261 e. The van der Waals surface area contributed by atoms with Gasteiger partial charge in [-0.05, 0) is 75.6 Å². The zero-order valence-corrected chi connectivity index (χ0v) is 25.5. The molecule has 0 bridgehead atoms. The van der Waals surface area contributed by atoms with Crippen LogP contribution in [0.15, 0.2) is 70.5 Å². The summed E-state index contributed by atoms with van der Waals surface area (Å²) >= 11 is 0. The molecular formula is C33H39N5O5. The van der Waals surface area contributed by atoms with Gasteiger partial charge in [-0.3, -0.25) is 24.3 Å². The summed E-state index contributed by atoms with van der Waals surface area (Å²) in [6.45, 7) is 10.9. The van der Waals surface area contributed by atoms with E-state index in [0.717, 1.165) is 18.5 Å². The van der Waals surface area contributed by atoms with Crippen LogP contribution in [0.5, 0.6) is 5.75 Å². The molecule has 4 heterocycles. The first-order valence-corrected chi connectivity index (χ1v) is 14.7. The summed E-state index contributed by atoms with van der Waals surface area (Å²) in [5, 5.41) is 0.577. The lowest BCUT2D eigenvalue weighted by Gasteiger charge is -2.27. The normalized spacial score (nSPS) is 14.8. The molecule has 10 nitrogen and oxygen atoms in total. The fourth-order valence-corrected chi connectivity index (χ4v) is 5.55. The highest BCUT2D eigenvalue weighted by atomic mass is 16.5. The van der Waals surface area contributed by atoms with E-state index in [1.807, 2.05) is 43.5 Å². The number of benzene rings is 1. The fourth-order valence-electron chi connectivity index (χ4n) is 5.55. The van der Waals surface area contributed by atoms with Gasteiger partial charge in [0.15, 0.2) is 0 Å². The third-order valence-electron chi connectivity index (χ3n) is 8.21. The Bertz CT molecular complexity index is 1690. The van der Waals surface area contributed by atoms with E-state index in [4.69, 9.17) is 9.15 Å². The molecule has 3 aromatic heterocycles. The zero-order valence-electron chi connectivity index (χ0n) is 25.5. The van der Waals surface area contributed by atoms with Crippen LogP contribution < -0.4 is 20.1 Å². The van der Waals surface area contributed by atoms with Crippen LogP contribution in [0.25, 0.3) is 11.0 Å². The predicted octanol–water partition coefficient (Wildman–Crippen LogP) is 4.62. The molecular weight excluding hydrogens is 546 g/mol. The predicted molar refractivity (Wildman–Crippen MR) is 166 cm³/mol. The Balaban J connectivity index is 1.26. The Hall–Kier alpha value is -4.44. The van der Waals surface area contributed by atoms with Crippen LogP contribution in [-0.4, -0.2) is 59.6 Å². The molecule has 5 rings (SSSR count). The van der Waals surface area contributed by atoms with Gasteiger partial charge in [-0.15, -0.1) is 0 Å². The van der Waals surface area contributed by atoms with Gasteiger partial charge in [0.2, 0.25) is 11.8 Å². The minimum Gasteiger partial charge on any atom is -0.493 e. The Labute approximate surface area is 251 Å². The lowest BCUT2D eigenvalue weighted by molar-refractivity contribution is -0.137. The Morgan fingerprint density at radius 2 is 1.84 bits per heavy atom. The average molecular weight is 586 g/mol. The number of anilines is 2. The molecule has 0 spiro atoms. The number of fused-ring (bicyclic) bond motifs is 2. The average Bonchev–Trinajstić information content (AvgIpc) is 3.48. The number of rotatable bonds is 11. The van der Waals surface area contributed by atoms with Crippen LogP contribution >= 0.6 is 0 Å². The van der Waals surface area contributed by atoms with Crippen LogP contribution in [0.3, 0.4) is 0 Å². The van der Waals surface area contributed by atoms with E-state index in [1.165, 1.54) is 11.8 Å². The van der Waals surface area contributed by atoms with Crippen LogP contribution in [0.1, 0.15) is 38.3 Å². The lowest BCUT2D eigenvalue weighted by Crippen LogP contribution is -2.47. The lowest BCUT2D eigenvalue weighted by atomic mass is 9.90. The molecule has 4 aromatic rings. The van der Waals surface area contributed by atoms with Crippen molar-refractivity contribution in [1.29, 1.82) is 0 Å². The monoisotopic (exact) mass is 585 g/mol. The van der Waals surface area contributed by atoms with Crippen molar-refractivity contribution in [2.75, 3.05) is 43.1 Å². The van der Waals surface area contributed by atoms with Gasteiger partial charge in [0, 0.05) is 64.4 Å². The summed E-state index contributed by atoms with van der Waals surface area (Å²) in [6, 6.07) is 11.1. The van der Waals surface area contributed by atoms with Crippen molar-refractivity contribution < 1.29 is 18.7 Å². The molecule has 0 N–H and O–H groups in total. The Morgan fingerprint density at radius 1 is 1.02 bits per heavy atom. The molecule has 2 amide bonds. The topological polar surface area (TPSA) is 101 Å². The number of aryl methyl sites for hydroxylation is 1. The van der Waals surface area contributed by atoms with E-state index in [9.17, 15) is 14.4 Å². The Morgan fingerprint density at radius 3 is 2.60 bits per heavy atom. The van der Waals surface area contributed by atoms with Crippen molar-refractivity contribution in [3.05, 3.63) is 82.7 Å². The summed E-state index contributed by atoms with van der Waals surface area (Å²) in [5.41, 5.74) is 3.02. The van der Waals surface area contributed by atoms with E-state index in [0.29, 0.717) is 60.9 Å². The molecule has 0 radical (unpaired) electrons. The molecule has 0 unspecified atom stereocenters. The number of ether oxygens (including phenoxy) is 1. The fraction of sp³-hybridized carbons (Fsp3) is 0.394. The number of hydrogen-bond donors (Lipinski definition) is 0. The third-order valence-corrected chi connectivity index (χ3v) is 8.21. The molecule has 1 aromatic carbocycles. The van der Waals surface area contributed by atoms with Gasteiger partial charge < -0.3 is 23.5 Å². The van der Waals surface area contributed by atoms with E-state index in [1.54, 1.807) is 53.7 Å². The van der Waals surface area contributed by atoms with Crippen molar-refractivity contribution in [2.24, 2.45) is 5.41 Å². The number of carbonyl (C=O) groups excluding carboxylic acids is 2. The van der Waals surface area contributed by atoms with Gasteiger partial charge in [-0.2, -0.15) is 0 Å². The van der Waals surface area contributed by atoms with Crippen molar-refractivity contribution in [2.45, 2.75) is 47.2 Å². The molecule has 0 atom stereocenters. The number of aromatic nitrogens is 2. The number of amides is 2. The Kier molecular flexibility index (Phi) is 8.68. The van der Waals surface area contributed by atoms with Crippen LogP contribution in [0.2, 0.25) is 0 Å². The summed E-state index contributed by atoms with van der Waals surface area (Å²) < 4.78 is 13.2. The first-order valence-electron chi connectivity index (χ1n) is 14.7. The summed E-state index contributed by atoms with van der Waals surface area (Å²) in [5.74, 6) is 0.172. The molecule has 226 valence electrons. The highest BCUT2D eigenvalue weighted by Crippen LogP contribution is 2.40. The number of hydrogen-bond acceptors (Lipinski definition) is 7. The molecule has 1 aliphatic rings. The second kappa shape index (κ2) is 12.4. The van der Waals surface area contributed by atoms with Crippen LogP contribution in [0.4, 0.5) is 11.4 Å². The third kappa shape index (κ3) is 6.06. The number of nitrogens with zero attached hydrogens (tertiary/aromatic N) is 5. The summed E-state index contributed by atoms with van der Waals surface area (Å²) in [4.78, 5) is 49.0. The minimum absolute atomic E-state index is 0.0644. The maximum absolute atomic E-state index is 13.2. The van der Waals surface area contributed by atoms with Crippen LogP contribution in [0, 0.1) is 12.3 Å². The standard InChI is InChI=1S/C33H39N5O5/c1-6-38-27-9-8-25(20-28(27)35(5)31(40)33(3,4)32(38)41)42-18-7-14-36(22-24-21-34-13-10-23(24)2)16-17-37-15-11-29-26(30(37)39)12-19-43-29/h8-13,15,19-21H,6-7,14,16-18,22H2,1-5H3. The minimum atomic E-state index is -1.16. The molecule has 0 aliphatic carbocycles. The highest BCUT2D eigenvalue weighted by molar-refractivity contribution is 6.20. The summed E-state index contributed by atoms with van der Waals surface area (Å²) in [6.07, 6.45) is 7.74. The van der Waals surface area contributed by atoms with Gasteiger partial charge in [-0.25, -0.2) is 0 Å². The van der Waals surface area contributed by atoms with Crippen molar-refractivity contribution in [1.82, 2.24) is 14.5 Å². The molecule has 1 aliphatic heterocycles. The van der Waals surface area contributed by atoms with Crippen LogP contribution in [-0.2, 0) is 22.7 Å². The zero-order chi connectivity index (χ0) is 30.7.